The maximum Gasteiger partial charge on any atom is 0.259 e. The van der Waals surface area contributed by atoms with Gasteiger partial charge in [-0.05, 0) is 18.6 Å². The van der Waals surface area contributed by atoms with Crippen LogP contribution in [0.15, 0.2) is 18.2 Å². The number of aliphatic hydroxyl groups excluding tert-OH is 1. The minimum Gasteiger partial charge on any atom is -0.392 e. The highest BCUT2D eigenvalue weighted by Gasteiger charge is 2.26. The van der Waals surface area contributed by atoms with Gasteiger partial charge in [0.2, 0.25) is 0 Å². The summed E-state index contributed by atoms with van der Waals surface area (Å²) < 4.78 is 27.2. The first-order chi connectivity index (χ1) is 10.0. The van der Waals surface area contributed by atoms with E-state index in [-0.39, 0.29) is 6.10 Å². The van der Waals surface area contributed by atoms with Crippen LogP contribution < -0.4 is 0 Å². The van der Waals surface area contributed by atoms with Crippen LogP contribution in [0.1, 0.15) is 23.7 Å². The van der Waals surface area contributed by atoms with Gasteiger partial charge in [-0.3, -0.25) is 9.69 Å². The van der Waals surface area contributed by atoms with E-state index in [1.807, 2.05) is 6.92 Å². The summed E-state index contributed by atoms with van der Waals surface area (Å²) >= 11 is 0. The van der Waals surface area contributed by atoms with Crippen molar-refractivity contribution in [3.8, 4) is 0 Å². The Hall–Kier alpha value is -1.53. The zero-order valence-electron chi connectivity index (χ0n) is 12.1. The minimum atomic E-state index is -0.830. The van der Waals surface area contributed by atoms with Crippen molar-refractivity contribution in [3.63, 3.8) is 0 Å². The average molecular weight is 298 g/mol. The van der Waals surface area contributed by atoms with Crippen LogP contribution in [0.25, 0.3) is 0 Å². The van der Waals surface area contributed by atoms with Crippen molar-refractivity contribution in [1.82, 2.24) is 9.80 Å². The van der Waals surface area contributed by atoms with Crippen LogP contribution in [0.5, 0.6) is 0 Å². The summed E-state index contributed by atoms with van der Waals surface area (Å²) in [7, 11) is 0. The third kappa shape index (κ3) is 3.77. The molecule has 1 unspecified atom stereocenters. The molecule has 1 heterocycles. The molecule has 1 saturated heterocycles. The minimum absolute atomic E-state index is 0.378. The lowest BCUT2D eigenvalue weighted by molar-refractivity contribution is 0.0516. The summed E-state index contributed by atoms with van der Waals surface area (Å²) in [5.41, 5.74) is -0.487. The predicted molar refractivity (Wildman–Crippen MR) is 75.0 cm³/mol. The van der Waals surface area contributed by atoms with Gasteiger partial charge in [0.1, 0.15) is 17.2 Å². The van der Waals surface area contributed by atoms with Crippen molar-refractivity contribution in [2.45, 2.75) is 19.4 Å². The zero-order valence-corrected chi connectivity index (χ0v) is 12.1. The topological polar surface area (TPSA) is 43.8 Å². The van der Waals surface area contributed by atoms with Crippen LogP contribution in [0.4, 0.5) is 8.78 Å². The lowest BCUT2D eigenvalue weighted by Gasteiger charge is -2.35. The molecular formula is C15H20F2N2O2. The highest BCUT2D eigenvalue weighted by atomic mass is 19.1. The molecule has 4 nitrogen and oxygen atoms in total. The van der Waals surface area contributed by atoms with Gasteiger partial charge in [0.15, 0.2) is 0 Å². The molecular weight excluding hydrogens is 278 g/mol. The fourth-order valence-electron chi connectivity index (χ4n) is 2.42. The predicted octanol–water partition coefficient (Wildman–Crippen LogP) is 1.49. The molecule has 1 aromatic rings. The molecule has 1 aliphatic rings. The Morgan fingerprint density at radius 1 is 1.24 bits per heavy atom. The van der Waals surface area contributed by atoms with E-state index < -0.39 is 23.1 Å². The van der Waals surface area contributed by atoms with Crippen LogP contribution in [0.3, 0.4) is 0 Å². The van der Waals surface area contributed by atoms with E-state index in [0.717, 1.165) is 12.1 Å². The van der Waals surface area contributed by atoms with Crippen molar-refractivity contribution in [2.24, 2.45) is 0 Å². The van der Waals surface area contributed by atoms with Crippen molar-refractivity contribution in [1.29, 1.82) is 0 Å². The highest BCUT2D eigenvalue weighted by Crippen LogP contribution is 2.16. The second kappa shape index (κ2) is 6.95. The van der Waals surface area contributed by atoms with Crippen molar-refractivity contribution < 1.29 is 18.7 Å². The van der Waals surface area contributed by atoms with Crippen LogP contribution in [0, 0.1) is 11.6 Å². The number of β-amino-alcohol motifs (C(OH)–C–C–N with tert-alkyl or cyclic N) is 1. The number of benzene rings is 1. The van der Waals surface area contributed by atoms with Crippen molar-refractivity contribution >= 4 is 5.91 Å². The van der Waals surface area contributed by atoms with Gasteiger partial charge in [-0.1, -0.05) is 13.0 Å². The molecule has 0 saturated carbocycles. The van der Waals surface area contributed by atoms with E-state index >= 15 is 0 Å². The third-order valence-electron chi connectivity index (χ3n) is 3.78. The quantitative estimate of drug-likeness (QED) is 0.916. The maximum atomic E-state index is 13.6. The van der Waals surface area contributed by atoms with E-state index in [2.05, 4.69) is 4.90 Å². The number of piperazine rings is 1. The Balaban J connectivity index is 1.97. The number of hydrogen-bond acceptors (Lipinski definition) is 3. The summed E-state index contributed by atoms with van der Waals surface area (Å²) in [6.07, 6.45) is 0.302. The third-order valence-corrected chi connectivity index (χ3v) is 3.78. The van der Waals surface area contributed by atoms with Gasteiger partial charge < -0.3 is 10.0 Å². The number of aliphatic hydroxyl groups is 1. The van der Waals surface area contributed by atoms with Crippen molar-refractivity contribution in [2.75, 3.05) is 32.7 Å². The van der Waals surface area contributed by atoms with Gasteiger partial charge in [-0.15, -0.1) is 0 Å². The molecule has 0 spiro atoms. The number of carbonyl (C=O) groups is 1. The van der Waals surface area contributed by atoms with E-state index in [4.69, 9.17) is 0 Å². The number of carbonyl (C=O) groups excluding carboxylic acids is 1. The first-order valence-electron chi connectivity index (χ1n) is 7.16. The molecule has 0 aromatic heterocycles. The fraction of sp³-hybridized carbons (Fsp3) is 0.533. The van der Waals surface area contributed by atoms with Gasteiger partial charge in [0.25, 0.3) is 5.91 Å². The van der Waals surface area contributed by atoms with E-state index in [0.29, 0.717) is 39.1 Å². The van der Waals surface area contributed by atoms with Crippen LogP contribution in [-0.2, 0) is 0 Å². The van der Waals surface area contributed by atoms with E-state index in [9.17, 15) is 18.7 Å². The first kappa shape index (κ1) is 15.9. The Labute approximate surface area is 123 Å². The molecule has 116 valence electrons. The molecule has 1 atom stereocenters. The summed E-state index contributed by atoms with van der Waals surface area (Å²) in [5, 5.41) is 9.61. The fourth-order valence-corrected chi connectivity index (χ4v) is 2.42. The largest absolute Gasteiger partial charge is 0.392 e. The van der Waals surface area contributed by atoms with Crippen LogP contribution >= 0.6 is 0 Å². The average Bonchev–Trinajstić information content (AvgIpc) is 2.47. The monoisotopic (exact) mass is 298 g/mol. The molecule has 1 aromatic carbocycles. The Morgan fingerprint density at radius 3 is 2.33 bits per heavy atom. The smallest absolute Gasteiger partial charge is 0.259 e. The Kier molecular flexibility index (Phi) is 5.25. The number of rotatable bonds is 4. The molecule has 1 fully saturated rings. The van der Waals surface area contributed by atoms with Crippen LogP contribution in [0.2, 0.25) is 0 Å². The Bertz CT molecular complexity index is 482. The number of hydrogen-bond donors (Lipinski definition) is 1. The van der Waals surface area contributed by atoms with Gasteiger partial charge in [-0.2, -0.15) is 0 Å². The zero-order chi connectivity index (χ0) is 15.4. The van der Waals surface area contributed by atoms with Gasteiger partial charge in [0, 0.05) is 32.7 Å². The lowest BCUT2D eigenvalue weighted by atomic mass is 10.1. The Morgan fingerprint density at radius 2 is 1.81 bits per heavy atom. The molecule has 0 aliphatic carbocycles. The van der Waals surface area contributed by atoms with Crippen LogP contribution in [-0.4, -0.2) is 59.6 Å². The normalized spacial score (nSPS) is 17.8. The summed E-state index contributed by atoms with van der Waals surface area (Å²) in [6, 6.07) is 3.42. The second-order valence-electron chi connectivity index (χ2n) is 5.25. The standard InChI is InChI=1S/C15H20F2N2O2/c1-2-11(20)10-18-6-8-19(9-7-18)15(21)14-12(16)4-3-5-13(14)17/h3-5,11,20H,2,6-10H2,1H3. The summed E-state index contributed by atoms with van der Waals surface area (Å²) in [6.45, 7) is 4.47. The van der Waals surface area contributed by atoms with E-state index in [1.165, 1.54) is 11.0 Å². The molecule has 1 amide bonds. The van der Waals surface area contributed by atoms with Gasteiger partial charge >= 0.3 is 0 Å². The summed E-state index contributed by atoms with van der Waals surface area (Å²) in [5.74, 6) is -2.27. The molecule has 0 radical (unpaired) electrons. The number of halogens is 2. The van der Waals surface area contributed by atoms with Gasteiger partial charge in [-0.25, -0.2) is 8.78 Å². The van der Waals surface area contributed by atoms with Gasteiger partial charge in [0.05, 0.1) is 6.10 Å². The molecule has 1 aliphatic heterocycles. The summed E-state index contributed by atoms with van der Waals surface area (Å²) in [4.78, 5) is 15.7. The SMILES string of the molecule is CCC(O)CN1CCN(C(=O)c2c(F)cccc2F)CC1. The van der Waals surface area contributed by atoms with E-state index in [1.54, 1.807) is 0 Å². The number of nitrogens with zero attached hydrogens (tertiary/aromatic N) is 2. The lowest BCUT2D eigenvalue weighted by Crippen LogP contribution is -2.50. The molecule has 21 heavy (non-hydrogen) atoms. The highest BCUT2D eigenvalue weighted by molar-refractivity contribution is 5.94. The molecule has 6 heteroatoms. The molecule has 1 N–H and O–H groups in total. The second-order valence-corrected chi connectivity index (χ2v) is 5.25. The first-order valence-corrected chi connectivity index (χ1v) is 7.16. The number of amides is 1. The molecule has 2 rings (SSSR count). The van der Waals surface area contributed by atoms with Crippen molar-refractivity contribution in [3.05, 3.63) is 35.4 Å². The molecule has 0 bridgehead atoms. The maximum absolute atomic E-state index is 13.6.